The van der Waals surface area contributed by atoms with Crippen molar-refractivity contribution in [3.05, 3.63) is 65.0 Å². The van der Waals surface area contributed by atoms with Crippen LogP contribution in [0.3, 0.4) is 0 Å². The molecule has 0 saturated carbocycles. The largest absolute Gasteiger partial charge is 0.444 e. The van der Waals surface area contributed by atoms with Crippen LogP contribution in [0.1, 0.15) is 60.4 Å². The van der Waals surface area contributed by atoms with Gasteiger partial charge in [0.2, 0.25) is 0 Å². The molecule has 188 valence electrons. The average Bonchev–Trinajstić information content (AvgIpc) is 3.35. The number of fused-ring (bicyclic) bond motifs is 1. The molecule has 4 rings (SSSR count). The highest BCUT2D eigenvalue weighted by Gasteiger charge is 2.42. The molecule has 2 aliphatic heterocycles. The molecule has 7 heteroatoms. The first-order valence-corrected chi connectivity index (χ1v) is 12.6. The van der Waals surface area contributed by atoms with Crippen LogP contribution in [-0.2, 0) is 4.74 Å². The van der Waals surface area contributed by atoms with E-state index < -0.39 is 5.60 Å². The highest BCUT2D eigenvalue weighted by atomic mass is 16.6. The average molecular weight is 479 g/mol. The molecule has 3 heterocycles. The van der Waals surface area contributed by atoms with Crippen LogP contribution in [0.4, 0.5) is 4.79 Å². The summed E-state index contributed by atoms with van der Waals surface area (Å²) in [5.74, 6) is 1.09. The topological polar surface area (TPSA) is 74.8 Å². The van der Waals surface area contributed by atoms with Crippen LogP contribution in [0, 0.1) is 25.7 Å². The van der Waals surface area contributed by atoms with Crippen molar-refractivity contribution in [1.29, 1.82) is 0 Å². The van der Waals surface area contributed by atoms with Crippen LogP contribution >= 0.6 is 0 Å². The van der Waals surface area contributed by atoms with Gasteiger partial charge in [0, 0.05) is 38.9 Å². The Morgan fingerprint density at radius 1 is 1.06 bits per heavy atom. The fourth-order valence-corrected chi connectivity index (χ4v) is 5.38. The molecule has 2 unspecified atom stereocenters. The lowest BCUT2D eigenvalue weighted by atomic mass is 10.0. The van der Waals surface area contributed by atoms with E-state index >= 15 is 0 Å². The second-order valence-electron chi connectivity index (χ2n) is 11.0. The SMILES string of the molecule is Cc1ccnc(C)c1C(=O)N1CC2CN(CC[C@H](NC(=O)OC(C)(C)C)c3ccccc3)CC2C1. The minimum absolute atomic E-state index is 0.110. The maximum absolute atomic E-state index is 13.2. The van der Waals surface area contributed by atoms with Crippen molar-refractivity contribution in [3.63, 3.8) is 0 Å². The zero-order valence-corrected chi connectivity index (χ0v) is 21.6. The van der Waals surface area contributed by atoms with E-state index in [-0.39, 0.29) is 18.0 Å². The molecule has 2 aliphatic rings. The van der Waals surface area contributed by atoms with Crippen molar-refractivity contribution in [2.75, 3.05) is 32.7 Å². The zero-order valence-electron chi connectivity index (χ0n) is 21.6. The Kier molecular flexibility index (Phi) is 7.45. The Bertz CT molecular complexity index is 1020. The Hall–Kier alpha value is -2.93. The van der Waals surface area contributed by atoms with Gasteiger partial charge >= 0.3 is 6.09 Å². The number of ether oxygens (including phenoxy) is 1. The molecule has 2 fully saturated rings. The molecule has 1 aromatic carbocycles. The lowest BCUT2D eigenvalue weighted by Crippen LogP contribution is -2.37. The second kappa shape index (κ2) is 10.4. The van der Waals surface area contributed by atoms with Gasteiger partial charge in [-0.05, 0) is 70.1 Å². The Morgan fingerprint density at radius 2 is 1.71 bits per heavy atom. The van der Waals surface area contributed by atoms with Gasteiger partial charge in [-0.2, -0.15) is 0 Å². The predicted octanol–water partition coefficient (Wildman–Crippen LogP) is 4.36. The van der Waals surface area contributed by atoms with E-state index in [4.69, 9.17) is 4.74 Å². The van der Waals surface area contributed by atoms with E-state index in [0.717, 1.165) is 61.5 Å². The summed E-state index contributed by atoms with van der Waals surface area (Å²) in [6, 6.07) is 11.9. The number of aryl methyl sites for hydroxylation is 2. The summed E-state index contributed by atoms with van der Waals surface area (Å²) in [5, 5.41) is 3.07. The number of hydrogen-bond donors (Lipinski definition) is 1. The van der Waals surface area contributed by atoms with Gasteiger partial charge in [-0.3, -0.25) is 9.78 Å². The quantitative estimate of drug-likeness (QED) is 0.668. The van der Waals surface area contributed by atoms with Crippen molar-refractivity contribution in [1.82, 2.24) is 20.1 Å². The van der Waals surface area contributed by atoms with E-state index in [0.29, 0.717) is 11.8 Å². The smallest absolute Gasteiger partial charge is 0.408 e. The summed E-state index contributed by atoms with van der Waals surface area (Å²) >= 11 is 0. The first-order valence-electron chi connectivity index (χ1n) is 12.6. The van der Waals surface area contributed by atoms with Crippen LogP contribution in [0.15, 0.2) is 42.6 Å². The van der Waals surface area contributed by atoms with Crippen LogP contribution in [0.5, 0.6) is 0 Å². The Labute approximate surface area is 208 Å². The number of hydrogen-bond acceptors (Lipinski definition) is 5. The molecule has 2 aromatic rings. The van der Waals surface area contributed by atoms with Gasteiger partial charge < -0.3 is 19.9 Å². The minimum atomic E-state index is -0.534. The predicted molar refractivity (Wildman–Crippen MR) is 136 cm³/mol. The molecule has 0 aliphatic carbocycles. The van der Waals surface area contributed by atoms with E-state index in [9.17, 15) is 9.59 Å². The molecule has 2 saturated heterocycles. The number of benzene rings is 1. The maximum atomic E-state index is 13.2. The third kappa shape index (κ3) is 6.20. The van der Waals surface area contributed by atoms with E-state index in [1.807, 2.05) is 75.9 Å². The summed E-state index contributed by atoms with van der Waals surface area (Å²) in [4.78, 5) is 34.5. The normalized spacial score (nSPS) is 21.0. The number of carbonyl (C=O) groups excluding carboxylic acids is 2. The third-order valence-corrected chi connectivity index (χ3v) is 7.04. The second-order valence-corrected chi connectivity index (χ2v) is 11.0. The number of nitrogens with zero attached hydrogens (tertiary/aromatic N) is 3. The summed E-state index contributed by atoms with van der Waals surface area (Å²) in [6.07, 6.45) is 2.18. The highest BCUT2D eigenvalue weighted by molar-refractivity contribution is 5.96. The highest BCUT2D eigenvalue weighted by Crippen LogP contribution is 2.33. The van der Waals surface area contributed by atoms with Crippen molar-refractivity contribution < 1.29 is 14.3 Å². The first-order chi connectivity index (χ1) is 16.6. The fraction of sp³-hybridized carbons (Fsp3) is 0.536. The lowest BCUT2D eigenvalue weighted by molar-refractivity contribution is 0.0498. The summed E-state index contributed by atoms with van der Waals surface area (Å²) in [6.45, 7) is 14.0. The van der Waals surface area contributed by atoms with E-state index in [1.54, 1.807) is 6.20 Å². The number of pyridine rings is 1. The van der Waals surface area contributed by atoms with Crippen LogP contribution in [0.2, 0.25) is 0 Å². The minimum Gasteiger partial charge on any atom is -0.444 e. The molecule has 7 nitrogen and oxygen atoms in total. The van der Waals surface area contributed by atoms with Crippen molar-refractivity contribution >= 4 is 12.0 Å². The molecule has 2 amide bonds. The fourth-order valence-electron chi connectivity index (χ4n) is 5.38. The molecule has 35 heavy (non-hydrogen) atoms. The number of alkyl carbamates (subject to hydrolysis) is 1. The number of likely N-dealkylation sites (tertiary alicyclic amines) is 2. The van der Waals surface area contributed by atoms with Crippen LogP contribution in [0.25, 0.3) is 0 Å². The van der Waals surface area contributed by atoms with Crippen LogP contribution in [-0.4, -0.2) is 65.1 Å². The Morgan fingerprint density at radius 3 is 2.31 bits per heavy atom. The molecular weight excluding hydrogens is 440 g/mol. The lowest BCUT2D eigenvalue weighted by Gasteiger charge is -2.26. The number of carbonyl (C=O) groups is 2. The van der Waals surface area contributed by atoms with Crippen molar-refractivity contribution in [3.8, 4) is 0 Å². The summed E-state index contributed by atoms with van der Waals surface area (Å²) in [7, 11) is 0. The maximum Gasteiger partial charge on any atom is 0.408 e. The van der Waals surface area contributed by atoms with Gasteiger partial charge in [-0.15, -0.1) is 0 Å². The van der Waals surface area contributed by atoms with E-state index in [1.165, 1.54) is 0 Å². The molecule has 0 radical (unpaired) electrons. The van der Waals surface area contributed by atoms with E-state index in [2.05, 4.69) is 15.2 Å². The standard InChI is InChI=1S/C28H38N4O3/c1-19-11-13-29-20(2)25(19)26(33)32-17-22-15-31(16-23(22)18-32)14-12-24(21-9-7-6-8-10-21)30-27(34)35-28(3,4)5/h6-11,13,22-24H,12,14-18H2,1-5H3,(H,30,34)/t22?,23?,24-/m0/s1. The first kappa shape index (κ1) is 25.2. The molecule has 0 bridgehead atoms. The van der Waals surface area contributed by atoms with Crippen LogP contribution < -0.4 is 5.32 Å². The van der Waals surface area contributed by atoms with Gasteiger partial charge in [-0.1, -0.05) is 30.3 Å². The van der Waals surface area contributed by atoms with Gasteiger partial charge in [0.05, 0.1) is 17.3 Å². The number of aromatic nitrogens is 1. The molecule has 0 spiro atoms. The van der Waals surface area contributed by atoms with Gasteiger partial charge in [-0.25, -0.2) is 4.79 Å². The third-order valence-electron chi connectivity index (χ3n) is 7.04. The van der Waals surface area contributed by atoms with Gasteiger partial charge in [0.15, 0.2) is 0 Å². The number of rotatable bonds is 6. The zero-order chi connectivity index (χ0) is 25.2. The number of nitrogens with one attached hydrogen (secondary N) is 1. The molecular formula is C28H38N4O3. The summed E-state index contributed by atoms with van der Waals surface area (Å²) in [5.41, 5.74) is 3.09. The van der Waals surface area contributed by atoms with Crippen molar-refractivity contribution in [2.45, 2.75) is 52.7 Å². The number of amides is 2. The molecule has 1 N–H and O–H groups in total. The monoisotopic (exact) mass is 478 g/mol. The van der Waals surface area contributed by atoms with Gasteiger partial charge in [0.1, 0.15) is 5.60 Å². The Balaban J connectivity index is 1.33. The van der Waals surface area contributed by atoms with Crippen molar-refractivity contribution in [2.24, 2.45) is 11.8 Å². The molecule has 1 aromatic heterocycles. The molecule has 3 atom stereocenters. The summed E-state index contributed by atoms with van der Waals surface area (Å²) < 4.78 is 5.50. The van der Waals surface area contributed by atoms with Gasteiger partial charge in [0.25, 0.3) is 5.91 Å².